The summed E-state index contributed by atoms with van der Waals surface area (Å²) < 4.78 is 9.49. The number of nitrogens with zero attached hydrogens (tertiary/aromatic N) is 4. The monoisotopic (exact) mass is 684 g/mol. The average Bonchev–Trinajstić information content (AvgIpc) is 3.56. The Balaban J connectivity index is 1.22. The van der Waals surface area contributed by atoms with Gasteiger partial charge >= 0.3 is 0 Å². The Hall–Kier alpha value is -6.05. The molecular formula is C45H33BN4OSi. The summed E-state index contributed by atoms with van der Waals surface area (Å²) in [6, 6.07) is 51.8. The summed E-state index contributed by atoms with van der Waals surface area (Å²) in [5.74, 6) is 2.55. The number of aryl methyl sites for hydroxylation is 1. The third-order valence-electron chi connectivity index (χ3n) is 11.7. The van der Waals surface area contributed by atoms with Crippen LogP contribution in [0, 0.1) is 0 Å². The Bertz CT molecular complexity index is 2640. The summed E-state index contributed by atoms with van der Waals surface area (Å²) in [6.07, 6.45) is 7.88. The zero-order valence-corrected chi connectivity index (χ0v) is 29.5. The van der Waals surface area contributed by atoms with Gasteiger partial charge in [0.15, 0.2) is 13.9 Å². The predicted octanol–water partition coefficient (Wildman–Crippen LogP) is 4.67. The van der Waals surface area contributed by atoms with E-state index in [-0.39, 0.29) is 6.71 Å². The number of ether oxygens (including phenoxy) is 1. The molecule has 11 rings (SSSR count). The van der Waals surface area contributed by atoms with E-state index in [2.05, 4.69) is 159 Å². The summed E-state index contributed by atoms with van der Waals surface area (Å²) in [4.78, 5) is 13.3. The standard InChI is InChI=1S/C45H33BN4OSi/c1-3-12-32(13-4-1)52(33-14-5-2-6-15-33)42-21-11-20-41-44(42)46(36-24-22-30(26-43(36)52)45-48-28-47-29-49-45)37-27-31(23-25-40(37)51-41)50-38-18-9-7-16-34(38)35-17-8-10-19-39(35)50/h1-7,9,11-16,18,20-29H,8,10,17,19H2. The van der Waals surface area contributed by atoms with E-state index in [0.29, 0.717) is 5.82 Å². The first-order chi connectivity index (χ1) is 25.8. The largest absolute Gasteiger partial charge is 0.458 e. The van der Waals surface area contributed by atoms with Crippen LogP contribution in [0.1, 0.15) is 24.1 Å². The Kier molecular flexibility index (Phi) is 6.55. The number of hydrogen-bond acceptors (Lipinski definition) is 4. The van der Waals surface area contributed by atoms with Gasteiger partial charge in [-0.3, -0.25) is 0 Å². The van der Waals surface area contributed by atoms with Crippen molar-refractivity contribution in [2.45, 2.75) is 25.7 Å². The van der Waals surface area contributed by atoms with E-state index in [9.17, 15) is 0 Å². The van der Waals surface area contributed by atoms with E-state index >= 15 is 0 Å². The fourth-order valence-corrected chi connectivity index (χ4v) is 14.9. The third kappa shape index (κ3) is 4.14. The highest BCUT2D eigenvalue weighted by Crippen LogP contribution is 2.36. The summed E-state index contributed by atoms with van der Waals surface area (Å²) >= 11 is 0. The van der Waals surface area contributed by atoms with Crippen molar-refractivity contribution in [3.05, 3.63) is 163 Å². The fourth-order valence-electron chi connectivity index (χ4n) is 9.61. The molecule has 7 heteroatoms. The lowest BCUT2D eigenvalue weighted by atomic mass is 9.35. The normalized spacial score (nSPS) is 14.9. The molecule has 0 saturated carbocycles. The Morgan fingerprint density at radius 1 is 0.615 bits per heavy atom. The number of para-hydroxylation sites is 1. The van der Waals surface area contributed by atoms with Crippen LogP contribution < -0.4 is 41.9 Å². The third-order valence-corrected chi connectivity index (χ3v) is 16.5. The summed E-state index contributed by atoms with van der Waals surface area (Å²) in [7, 11) is -2.90. The highest BCUT2D eigenvalue weighted by molar-refractivity contribution is 7.26. The van der Waals surface area contributed by atoms with Crippen LogP contribution in [-0.2, 0) is 12.8 Å². The minimum atomic E-state index is -2.90. The SMILES string of the molecule is c1ccc([Si]2(c3ccccc3)c3cc(-c4ncncn4)ccc3B3c4cc(-n5c6c(c7ccccc75)CCCC6)ccc4Oc4cccc2c43)cc1. The van der Waals surface area contributed by atoms with Crippen LogP contribution in [0.4, 0.5) is 0 Å². The zero-order valence-electron chi connectivity index (χ0n) is 28.5. The molecule has 0 atom stereocenters. The first kappa shape index (κ1) is 29.7. The second-order valence-electron chi connectivity index (χ2n) is 14.2. The molecule has 2 aliphatic heterocycles. The molecule has 0 radical (unpaired) electrons. The highest BCUT2D eigenvalue weighted by atomic mass is 28.3. The molecule has 52 heavy (non-hydrogen) atoms. The zero-order chi connectivity index (χ0) is 34.2. The van der Waals surface area contributed by atoms with E-state index in [1.807, 2.05) is 0 Å². The van der Waals surface area contributed by atoms with E-state index in [1.54, 1.807) is 12.7 Å². The molecule has 0 N–H and O–H groups in total. The van der Waals surface area contributed by atoms with Gasteiger partial charge in [-0.2, -0.15) is 0 Å². The second kappa shape index (κ2) is 11.5. The highest BCUT2D eigenvalue weighted by Gasteiger charge is 2.52. The van der Waals surface area contributed by atoms with Gasteiger partial charge in [-0.1, -0.05) is 115 Å². The lowest BCUT2D eigenvalue weighted by molar-refractivity contribution is 0.487. The number of fused-ring (bicyclic) bond motifs is 7. The maximum Gasteiger partial charge on any atom is 0.250 e. The van der Waals surface area contributed by atoms with Gasteiger partial charge in [-0.15, -0.1) is 0 Å². The van der Waals surface area contributed by atoms with Crippen molar-refractivity contribution >= 4 is 62.8 Å². The van der Waals surface area contributed by atoms with Gasteiger partial charge in [0.1, 0.15) is 24.2 Å². The lowest BCUT2D eigenvalue weighted by Crippen LogP contribution is -2.87. The number of aromatic nitrogens is 4. The molecule has 3 aliphatic rings. The number of benzene rings is 6. The Morgan fingerprint density at radius 3 is 2.17 bits per heavy atom. The van der Waals surface area contributed by atoms with Crippen molar-refractivity contribution in [3.8, 4) is 28.6 Å². The van der Waals surface area contributed by atoms with Gasteiger partial charge in [0.25, 0.3) is 6.71 Å². The van der Waals surface area contributed by atoms with Crippen molar-refractivity contribution in [2.24, 2.45) is 0 Å². The molecule has 0 spiro atoms. The van der Waals surface area contributed by atoms with Crippen LogP contribution in [0.5, 0.6) is 11.5 Å². The van der Waals surface area contributed by atoms with Gasteiger partial charge in [0.05, 0.1) is 5.52 Å². The second-order valence-corrected chi connectivity index (χ2v) is 17.9. The molecule has 2 aromatic heterocycles. The Labute approximate surface area is 303 Å². The van der Waals surface area contributed by atoms with Crippen molar-refractivity contribution in [3.63, 3.8) is 0 Å². The first-order valence-electron chi connectivity index (χ1n) is 18.3. The summed E-state index contributed by atoms with van der Waals surface area (Å²) in [6.45, 7) is -0.0111. The summed E-state index contributed by atoms with van der Waals surface area (Å²) in [5.41, 5.74) is 10.3. The number of rotatable bonds is 4. The molecule has 0 bridgehead atoms. The quantitative estimate of drug-likeness (QED) is 0.253. The molecule has 5 nitrogen and oxygen atoms in total. The van der Waals surface area contributed by atoms with Crippen molar-refractivity contribution in [2.75, 3.05) is 0 Å². The van der Waals surface area contributed by atoms with Gasteiger partial charge in [-0.25, -0.2) is 15.0 Å². The Morgan fingerprint density at radius 2 is 1.37 bits per heavy atom. The molecule has 6 aromatic carbocycles. The number of hydrogen-bond donors (Lipinski definition) is 0. The van der Waals surface area contributed by atoms with Crippen LogP contribution >= 0.6 is 0 Å². The van der Waals surface area contributed by atoms with Crippen LogP contribution in [0.25, 0.3) is 28.0 Å². The maximum atomic E-state index is 6.96. The minimum absolute atomic E-state index is 0.0111. The van der Waals surface area contributed by atoms with Gasteiger partial charge in [-0.05, 0) is 93.3 Å². The van der Waals surface area contributed by atoms with Crippen LogP contribution in [0.15, 0.2) is 152 Å². The molecule has 4 heterocycles. The molecule has 0 unspecified atom stereocenters. The smallest absolute Gasteiger partial charge is 0.250 e. The van der Waals surface area contributed by atoms with E-state index < -0.39 is 8.07 Å². The van der Waals surface area contributed by atoms with Gasteiger partial charge < -0.3 is 9.30 Å². The van der Waals surface area contributed by atoms with Crippen molar-refractivity contribution in [1.29, 1.82) is 0 Å². The molecule has 246 valence electrons. The molecule has 1 aliphatic carbocycles. The first-order valence-corrected chi connectivity index (χ1v) is 20.3. The minimum Gasteiger partial charge on any atom is -0.458 e. The van der Waals surface area contributed by atoms with Crippen LogP contribution in [0.3, 0.4) is 0 Å². The van der Waals surface area contributed by atoms with Gasteiger partial charge in [0, 0.05) is 22.3 Å². The van der Waals surface area contributed by atoms with E-state index in [0.717, 1.165) is 29.9 Å². The van der Waals surface area contributed by atoms with Crippen molar-refractivity contribution in [1.82, 2.24) is 19.5 Å². The van der Waals surface area contributed by atoms with Crippen molar-refractivity contribution < 1.29 is 4.74 Å². The van der Waals surface area contributed by atoms with Crippen LogP contribution in [-0.4, -0.2) is 34.3 Å². The average molecular weight is 685 g/mol. The molecule has 0 saturated heterocycles. The maximum absolute atomic E-state index is 6.96. The molecule has 0 fully saturated rings. The summed E-state index contributed by atoms with van der Waals surface area (Å²) in [5, 5.41) is 6.79. The van der Waals surface area contributed by atoms with Gasteiger partial charge in [0.2, 0.25) is 0 Å². The molecule has 0 amide bonds. The van der Waals surface area contributed by atoms with E-state index in [1.165, 1.54) is 77.8 Å². The lowest BCUT2D eigenvalue weighted by Gasteiger charge is -2.44. The topological polar surface area (TPSA) is 52.8 Å². The fraction of sp³-hybridized carbons (Fsp3) is 0.0889. The predicted molar refractivity (Wildman–Crippen MR) is 214 cm³/mol. The van der Waals surface area contributed by atoms with E-state index in [4.69, 9.17) is 4.74 Å². The molecular weight excluding hydrogens is 651 g/mol. The van der Waals surface area contributed by atoms with Crippen LogP contribution in [0.2, 0.25) is 0 Å². The molecule has 8 aromatic rings.